The van der Waals surface area contributed by atoms with Crippen LogP contribution >= 0.6 is 11.6 Å². The summed E-state index contributed by atoms with van der Waals surface area (Å²) < 4.78 is 12.8. The number of rotatable bonds is 3. The Kier molecular flexibility index (Phi) is 4.83. The number of fused-ring (bicyclic) bond motifs is 2. The molecule has 0 fully saturated rings. The Morgan fingerprint density at radius 1 is 0.692 bits per heavy atom. The van der Waals surface area contributed by atoms with E-state index in [-0.39, 0.29) is 11.2 Å². The van der Waals surface area contributed by atoms with Crippen molar-refractivity contribution in [3.05, 3.63) is 48.0 Å². The van der Waals surface area contributed by atoms with Crippen LogP contribution in [0.3, 0.4) is 0 Å². The van der Waals surface area contributed by atoms with Crippen LogP contribution in [0.5, 0.6) is 11.5 Å². The molecule has 3 rings (SSSR count). The van der Waals surface area contributed by atoms with Crippen LogP contribution in [0, 0.1) is 0 Å². The molecule has 0 N–H and O–H groups in total. The molecule has 0 atom stereocenters. The van der Waals surface area contributed by atoms with Gasteiger partial charge in [0.2, 0.25) is 0 Å². The number of benzene rings is 3. The molecule has 3 aromatic rings. The predicted molar refractivity (Wildman–Crippen MR) is 112 cm³/mol. The van der Waals surface area contributed by atoms with Crippen LogP contribution in [0.1, 0.15) is 47.1 Å². The van der Waals surface area contributed by atoms with Crippen LogP contribution in [0.25, 0.3) is 21.5 Å². The van der Waals surface area contributed by atoms with Crippen molar-refractivity contribution in [2.45, 2.75) is 58.6 Å². The fourth-order valence-corrected chi connectivity index (χ4v) is 3.23. The first-order chi connectivity index (χ1) is 12.1. The number of hydrogen-bond donors (Lipinski definition) is 0. The maximum Gasteiger partial charge on any atom is 0.136 e. The van der Waals surface area contributed by atoms with Gasteiger partial charge in [-0.2, -0.15) is 0 Å². The maximum atomic E-state index is 6.41. The van der Waals surface area contributed by atoms with Crippen molar-refractivity contribution in [2.24, 2.45) is 0 Å². The molecule has 138 valence electrons. The van der Waals surface area contributed by atoms with Crippen LogP contribution in [0.2, 0.25) is 0 Å². The summed E-state index contributed by atoms with van der Waals surface area (Å²) in [6.45, 7) is 12.4. The first kappa shape index (κ1) is 18.8. The Morgan fingerprint density at radius 3 is 1.62 bits per heavy atom. The quantitative estimate of drug-likeness (QED) is 0.362. The lowest BCUT2D eigenvalue weighted by Crippen LogP contribution is -2.24. The molecule has 0 radical (unpaired) electrons. The van der Waals surface area contributed by atoms with Gasteiger partial charge in [0.25, 0.3) is 0 Å². The summed E-state index contributed by atoms with van der Waals surface area (Å²) in [7, 11) is 0. The van der Waals surface area contributed by atoms with E-state index in [1.165, 1.54) is 0 Å². The molecule has 3 aromatic carbocycles. The average molecular weight is 371 g/mol. The molecule has 26 heavy (non-hydrogen) atoms. The molecule has 0 unspecified atom stereocenters. The van der Waals surface area contributed by atoms with Gasteiger partial charge in [0.15, 0.2) is 0 Å². The standard InChI is InChI=1S/C23H27ClO2/c1-22(2,3)25-20-16-9-7-8-10-17(16)21(26-23(4,5)6)19-13-15(14-24)11-12-18(19)20/h7-13H,14H2,1-6H3. The van der Waals surface area contributed by atoms with Crippen LogP contribution in [0.15, 0.2) is 42.5 Å². The number of hydrogen-bond acceptors (Lipinski definition) is 2. The van der Waals surface area contributed by atoms with E-state index in [9.17, 15) is 0 Å². The van der Waals surface area contributed by atoms with Crippen LogP contribution in [-0.2, 0) is 5.88 Å². The zero-order valence-electron chi connectivity index (χ0n) is 16.4. The Bertz CT molecular complexity index is 946. The van der Waals surface area contributed by atoms with Crippen LogP contribution in [0.4, 0.5) is 0 Å². The minimum Gasteiger partial charge on any atom is -0.487 e. The number of halogens is 1. The van der Waals surface area contributed by atoms with Crippen LogP contribution < -0.4 is 9.47 Å². The van der Waals surface area contributed by atoms with Crippen molar-refractivity contribution in [2.75, 3.05) is 0 Å². The van der Waals surface area contributed by atoms with Gasteiger partial charge >= 0.3 is 0 Å². The predicted octanol–water partition coefficient (Wildman–Crippen LogP) is 7.09. The van der Waals surface area contributed by atoms with Crippen molar-refractivity contribution in [3.63, 3.8) is 0 Å². The smallest absolute Gasteiger partial charge is 0.136 e. The van der Waals surface area contributed by atoms with E-state index < -0.39 is 0 Å². The molecule has 0 amide bonds. The first-order valence-corrected chi connectivity index (χ1v) is 9.54. The second-order valence-electron chi connectivity index (χ2n) is 8.65. The summed E-state index contributed by atoms with van der Waals surface area (Å²) in [4.78, 5) is 0. The molecule has 0 aliphatic carbocycles. The topological polar surface area (TPSA) is 18.5 Å². The Hall–Kier alpha value is -1.93. The van der Waals surface area contributed by atoms with Gasteiger partial charge in [0.1, 0.15) is 22.7 Å². The lowest BCUT2D eigenvalue weighted by Gasteiger charge is -2.28. The van der Waals surface area contributed by atoms with Gasteiger partial charge in [-0.05, 0) is 53.2 Å². The first-order valence-electron chi connectivity index (χ1n) is 9.00. The van der Waals surface area contributed by atoms with Gasteiger partial charge in [-0.15, -0.1) is 11.6 Å². The van der Waals surface area contributed by atoms with E-state index >= 15 is 0 Å². The fraction of sp³-hybridized carbons (Fsp3) is 0.391. The van der Waals surface area contributed by atoms with Crippen molar-refractivity contribution >= 4 is 33.1 Å². The summed E-state index contributed by atoms with van der Waals surface area (Å²) in [5.74, 6) is 2.24. The van der Waals surface area contributed by atoms with E-state index in [0.717, 1.165) is 38.6 Å². The lowest BCUT2D eigenvalue weighted by atomic mass is 9.98. The molecule has 0 spiro atoms. The van der Waals surface area contributed by atoms with Gasteiger partial charge in [0.05, 0.1) is 0 Å². The molecule has 0 saturated carbocycles. The molecule has 0 aromatic heterocycles. The molecule has 0 saturated heterocycles. The summed E-state index contributed by atoms with van der Waals surface area (Å²) in [6, 6.07) is 14.5. The largest absolute Gasteiger partial charge is 0.487 e. The summed E-state index contributed by atoms with van der Waals surface area (Å²) in [5.41, 5.74) is 0.460. The van der Waals surface area contributed by atoms with Gasteiger partial charge in [-0.1, -0.05) is 36.4 Å². The van der Waals surface area contributed by atoms with Gasteiger partial charge in [-0.3, -0.25) is 0 Å². The van der Waals surface area contributed by atoms with Crippen molar-refractivity contribution < 1.29 is 9.47 Å². The van der Waals surface area contributed by atoms with E-state index in [4.69, 9.17) is 21.1 Å². The SMILES string of the molecule is CC(C)(C)Oc1c2ccccc2c(OC(C)(C)C)c2cc(CCl)ccc12. The molecular formula is C23H27ClO2. The van der Waals surface area contributed by atoms with Crippen LogP contribution in [-0.4, -0.2) is 11.2 Å². The highest BCUT2D eigenvalue weighted by Crippen LogP contribution is 2.45. The summed E-state index contributed by atoms with van der Waals surface area (Å²) >= 11 is 6.11. The highest BCUT2D eigenvalue weighted by molar-refractivity contribution is 6.17. The number of alkyl halides is 1. The molecule has 0 heterocycles. The second kappa shape index (κ2) is 6.66. The summed E-state index contributed by atoms with van der Waals surface area (Å²) in [5, 5.41) is 4.21. The van der Waals surface area contributed by atoms with Gasteiger partial charge < -0.3 is 9.47 Å². The van der Waals surface area contributed by atoms with Gasteiger partial charge in [0, 0.05) is 27.4 Å². The lowest BCUT2D eigenvalue weighted by molar-refractivity contribution is 0.131. The molecule has 3 heteroatoms. The molecule has 0 aliphatic rings. The zero-order chi connectivity index (χ0) is 19.1. The minimum atomic E-state index is -0.306. The zero-order valence-corrected chi connectivity index (χ0v) is 17.2. The molecule has 0 aliphatic heterocycles. The van der Waals surface area contributed by atoms with Crippen molar-refractivity contribution in [1.29, 1.82) is 0 Å². The second-order valence-corrected chi connectivity index (χ2v) is 8.91. The third-order valence-electron chi connectivity index (χ3n) is 3.96. The highest BCUT2D eigenvalue weighted by Gasteiger charge is 2.23. The third-order valence-corrected chi connectivity index (χ3v) is 4.27. The van der Waals surface area contributed by atoms with Crippen molar-refractivity contribution in [3.8, 4) is 11.5 Å². The number of ether oxygens (including phenoxy) is 2. The Balaban J connectivity index is 2.44. The normalized spacial score (nSPS) is 12.6. The summed E-state index contributed by atoms with van der Waals surface area (Å²) in [6.07, 6.45) is 0. The fourth-order valence-electron chi connectivity index (χ4n) is 3.06. The molecule has 0 bridgehead atoms. The monoisotopic (exact) mass is 370 g/mol. The Labute approximate surface area is 161 Å². The molecule has 2 nitrogen and oxygen atoms in total. The van der Waals surface area contributed by atoms with E-state index in [1.54, 1.807) is 0 Å². The highest BCUT2D eigenvalue weighted by atomic mass is 35.5. The van der Waals surface area contributed by atoms with E-state index in [1.807, 2.05) is 12.1 Å². The maximum absolute atomic E-state index is 6.41. The van der Waals surface area contributed by atoms with Gasteiger partial charge in [-0.25, -0.2) is 0 Å². The molecular weight excluding hydrogens is 344 g/mol. The average Bonchev–Trinajstić information content (AvgIpc) is 2.55. The van der Waals surface area contributed by atoms with E-state index in [0.29, 0.717) is 5.88 Å². The minimum absolute atomic E-state index is 0.298. The van der Waals surface area contributed by atoms with Crippen molar-refractivity contribution in [1.82, 2.24) is 0 Å². The Morgan fingerprint density at radius 2 is 1.15 bits per heavy atom. The third kappa shape index (κ3) is 3.91. The van der Waals surface area contributed by atoms with E-state index in [2.05, 4.69) is 71.9 Å².